The fourth-order valence-electron chi connectivity index (χ4n) is 4.95. The summed E-state index contributed by atoms with van der Waals surface area (Å²) in [4.78, 5) is 33.4. The standard InChI is InChI=1S/C29H31Cl2N7O3.2ClH/c1-36-16-24(34-18-36)17-37(2)29-32-13-25(14-33-29)41-27-8-20(15-38-5-3-19(4-6-38)9-28(39)40)7-26(35-27)21-10-22(30)12-23(31)11-21;;/h7-8,10-14,16,18-19H,3-6,9,15,17H2,1-2H3,(H,39,40);2*1H. The van der Waals surface area contributed by atoms with Crippen LogP contribution in [0.1, 0.15) is 30.5 Å². The van der Waals surface area contributed by atoms with Crippen LogP contribution < -0.4 is 9.64 Å². The average molecular weight is 669 g/mol. The Morgan fingerprint density at radius 1 is 1.05 bits per heavy atom. The molecule has 0 spiro atoms. The van der Waals surface area contributed by atoms with E-state index in [4.69, 9.17) is 38.0 Å². The van der Waals surface area contributed by atoms with Gasteiger partial charge < -0.3 is 19.3 Å². The number of benzene rings is 1. The number of aliphatic carboxylic acids is 1. The molecule has 0 amide bonds. The maximum Gasteiger partial charge on any atom is 0.303 e. The normalized spacial score (nSPS) is 13.6. The van der Waals surface area contributed by atoms with E-state index in [2.05, 4.69) is 19.9 Å². The topological polar surface area (TPSA) is 110 Å². The molecule has 1 aromatic carbocycles. The molecule has 1 N–H and O–H groups in total. The number of piperidine rings is 1. The van der Waals surface area contributed by atoms with Crippen LogP contribution in [0.15, 0.2) is 55.2 Å². The van der Waals surface area contributed by atoms with Crippen molar-refractivity contribution in [2.75, 3.05) is 25.0 Å². The molecule has 4 heterocycles. The Morgan fingerprint density at radius 3 is 2.33 bits per heavy atom. The van der Waals surface area contributed by atoms with Crippen molar-refractivity contribution in [3.8, 4) is 22.9 Å². The first-order valence-corrected chi connectivity index (χ1v) is 14.1. The summed E-state index contributed by atoms with van der Waals surface area (Å²) in [5.41, 5.74) is 3.37. The summed E-state index contributed by atoms with van der Waals surface area (Å²) in [5.74, 6) is 0.878. The summed E-state index contributed by atoms with van der Waals surface area (Å²) < 4.78 is 8.03. The van der Waals surface area contributed by atoms with Gasteiger partial charge in [-0.15, -0.1) is 24.8 Å². The third-order valence-corrected chi connectivity index (χ3v) is 7.37. The van der Waals surface area contributed by atoms with Gasteiger partial charge in [0, 0.05) is 54.9 Å². The summed E-state index contributed by atoms with van der Waals surface area (Å²) in [5, 5.41) is 10.2. The van der Waals surface area contributed by atoms with E-state index in [1.165, 1.54) is 0 Å². The molecule has 4 aromatic rings. The van der Waals surface area contributed by atoms with Crippen LogP contribution in [-0.2, 0) is 24.9 Å². The molecule has 5 rings (SSSR count). The number of halogens is 4. The largest absolute Gasteiger partial charge is 0.481 e. The summed E-state index contributed by atoms with van der Waals surface area (Å²) >= 11 is 12.6. The van der Waals surface area contributed by atoms with Gasteiger partial charge in [0.25, 0.3) is 0 Å². The summed E-state index contributed by atoms with van der Waals surface area (Å²) in [6, 6.07) is 9.22. The molecule has 230 valence electrons. The van der Waals surface area contributed by atoms with Crippen molar-refractivity contribution in [2.24, 2.45) is 13.0 Å². The van der Waals surface area contributed by atoms with Gasteiger partial charge in [-0.1, -0.05) is 23.2 Å². The van der Waals surface area contributed by atoms with Gasteiger partial charge in [0.2, 0.25) is 11.8 Å². The minimum Gasteiger partial charge on any atom is -0.481 e. The number of rotatable bonds is 10. The Bertz CT molecular complexity index is 1490. The van der Waals surface area contributed by atoms with Gasteiger partial charge >= 0.3 is 5.97 Å². The average Bonchev–Trinajstić information content (AvgIpc) is 3.33. The number of likely N-dealkylation sites (tertiary alicyclic amines) is 1. The van der Waals surface area contributed by atoms with Crippen LogP contribution in [0, 0.1) is 5.92 Å². The van der Waals surface area contributed by atoms with E-state index in [1.54, 1.807) is 24.8 Å². The lowest BCUT2D eigenvalue weighted by molar-refractivity contribution is -0.138. The molecule has 0 bridgehead atoms. The van der Waals surface area contributed by atoms with Crippen molar-refractivity contribution < 1.29 is 14.6 Å². The lowest BCUT2D eigenvalue weighted by Crippen LogP contribution is -2.33. The van der Waals surface area contributed by atoms with Crippen molar-refractivity contribution >= 4 is 59.9 Å². The van der Waals surface area contributed by atoms with Crippen molar-refractivity contribution in [3.05, 3.63) is 76.6 Å². The maximum absolute atomic E-state index is 11.1. The highest BCUT2D eigenvalue weighted by Gasteiger charge is 2.22. The van der Waals surface area contributed by atoms with Crippen LogP contribution in [0.4, 0.5) is 5.95 Å². The molecule has 1 aliphatic heterocycles. The SMILES string of the molecule is CN(Cc1cn(C)cn1)c1ncc(Oc2cc(CN3CCC(CC(=O)O)CC3)cc(-c3cc(Cl)cc(Cl)c3)n2)cn1.Cl.Cl. The van der Waals surface area contributed by atoms with E-state index in [-0.39, 0.29) is 37.2 Å². The first-order chi connectivity index (χ1) is 19.7. The fraction of sp³-hybridized carbons (Fsp3) is 0.345. The van der Waals surface area contributed by atoms with Gasteiger partial charge in [-0.05, 0) is 61.7 Å². The predicted molar refractivity (Wildman–Crippen MR) is 172 cm³/mol. The number of aryl methyl sites for hydroxylation is 1. The highest BCUT2D eigenvalue weighted by atomic mass is 35.5. The van der Waals surface area contributed by atoms with Gasteiger partial charge in [0.05, 0.1) is 36.7 Å². The highest BCUT2D eigenvalue weighted by Crippen LogP contribution is 2.31. The van der Waals surface area contributed by atoms with Crippen LogP contribution in [0.25, 0.3) is 11.3 Å². The van der Waals surface area contributed by atoms with Crippen molar-refractivity contribution in [2.45, 2.75) is 32.4 Å². The van der Waals surface area contributed by atoms with Crippen LogP contribution >= 0.6 is 48.0 Å². The molecule has 10 nitrogen and oxygen atoms in total. The van der Waals surface area contributed by atoms with E-state index in [9.17, 15) is 4.79 Å². The lowest BCUT2D eigenvalue weighted by atomic mass is 9.93. The summed E-state index contributed by atoms with van der Waals surface area (Å²) in [6.45, 7) is 2.91. The van der Waals surface area contributed by atoms with E-state index < -0.39 is 5.97 Å². The Labute approximate surface area is 272 Å². The number of imidazole rings is 1. The zero-order chi connectivity index (χ0) is 28.9. The molecular formula is C29H33Cl4N7O3. The second-order valence-corrected chi connectivity index (χ2v) is 11.3. The van der Waals surface area contributed by atoms with Crippen LogP contribution in [0.3, 0.4) is 0 Å². The molecule has 1 saturated heterocycles. The predicted octanol–water partition coefficient (Wildman–Crippen LogP) is 6.54. The molecule has 1 fully saturated rings. The van der Waals surface area contributed by atoms with Gasteiger partial charge in [-0.2, -0.15) is 0 Å². The van der Waals surface area contributed by atoms with Gasteiger partial charge in [0.1, 0.15) is 0 Å². The number of carboxylic acid groups (broad SMARTS) is 1. The van der Waals surface area contributed by atoms with Gasteiger partial charge in [-0.3, -0.25) is 9.69 Å². The zero-order valence-electron chi connectivity index (χ0n) is 23.7. The molecule has 0 unspecified atom stereocenters. The van der Waals surface area contributed by atoms with E-state index >= 15 is 0 Å². The first-order valence-electron chi connectivity index (χ1n) is 13.3. The van der Waals surface area contributed by atoms with Crippen molar-refractivity contribution in [1.82, 2.24) is 29.4 Å². The molecule has 43 heavy (non-hydrogen) atoms. The third-order valence-electron chi connectivity index (χ3n) is 6.93. The van der Waals surface area contributed by atoms with Crippen LogP contribution in [0.2, 0.25) is 10.0 Å². The number of hydrogen-bond acceptors (Lipinski definition) is 8. The van der Waals surface area contributed by atoms with E-state index in [0.717, 1.165) is 42.8 Å². The monoisotopic (exact) mass is 667 g/mol. The van der Waals surface area contributed by atoms with E-state index in [0.29, 0.717) is 46.4 Å². The zero-order valence-corrected chi connectivity index (χ0v) is 26.8. The third kappa shape index (κ3) is 9.67. The highest BCUT2D eigenvalue weighted by molar-refractivity contribution is 6.35. The molecule has 14 heteroatoms. The first kappa shape index (κ1) is 34.3. The smallest absolute Gasteiger partial charge is 0.303 e. The molecule has 0 saturated carbocycles. The number of ether oxygens (including phenoxy) is 1. The number of nitrogens with zero attached hydrogens (tertiary/aromatic N) is 7. The molecule has 0 aliphatic carbocycles. The van der Waals surface area contributed by atoms with Crippen molar-refractivity contribution in [3.63, 3.8) is 0 Å². The molecular weight excluding hydrogens is 636 g/mol. The Balaban J connectivity index is 0.00000253. The van der Waals surface area contributed by atoms with Gasteiger partial charge in [0.15, 0.2) is 5.75 Å². The fourth-order valence-corrected chi connectivity index (χ4v) is 5.47. The number of carboxylic acids is 1. The molecule has 0 atom stereocenters. The molecule has 3 aromatic heterocycles. The number of aromatic nitrogens is 5. The quantitative estimate of drug-likeness (QED) is 0.201. The number of pyridine rings is 1. The molecule has 1 aliphatic rings. The van der Waals surface area contributed by atoms with Gasteiger partial charge in [-0.25, -0.2) is 19.9 Å². The minimum atomic E-state index is -0.735. The molecule has 0 radical (unpaired) electrons. The summed E-state index contributed by atoms with van der Waals surface area (Å²) in [6.07, 6.45) is 8.89. The number of hydrogen-bond donors (Lipinski definition) is 1. The second-order valence-electron chi connectivity index (χ2n) is 10.4. The lowest BCUT2D eigenvalue weighted by Gasteiger charge is -2.31. The van der Waals surface area contributed by atoms with Crippen molar-refractivity contribution in [1.29, 1.82) is 0 Å². The van der Waals surface area contributed by atoms with Crippen LogP contribution in [-0.4, -0.2) is 60.6 Å². The Morgan fingerprint density at radius 2 is 1.72 bits per heavy atom. The number of anilines is 1. The van der Waals surface area contributed by atoms with Crippen LogP contribution in [0.5, 0.6) is 11.6 Å². The summed E-state index contributed by atoms with van der Waals surface area (Å²) in [7, 11) is 3.83. The minimum absolute atomic E-state index is 0. The second kappa shape index (κ2) is 15.5. The maximum atomic E-state index is 11.1. The Kier molecular flexibility index (Phi) is 12.4. The van der Waals surface area contributed by atoms with E-state index in [1.807, 2.05) is 54.0 Å². The Hall–Kier alpha value is -3.15. The number of carbonyl (C=O) groups is 1.